The molecule has 0 radical (unpaired) electrons. The van der Waals surface area contributed by atoms with Crippen molar-refractivity contribution in [3.63, 3.8) is 0 Å². The first-order chi connectivity index (χ1) is 13.4. The number of aryl methyl sites for hydroxylation is 2. The van der Waals surface area contributed by atoms with Crippen molar-refractivity contribution in [1.82, 2.24) is 24.3 Å². The summed E-state index contributed by atoms with van der Waals surface area (Å²) in [5.41, 5.74) is 8.24. The van der Waals surface area contributed by atoms with Crippen LogP contribution in [0.3, 0.4) is 0 Å². The minimum atomic E-state index is -0.107. The Kier molecular flexibility index (Phi) is 3.54. The van der Waals surface area contributed by atoms with Crippen LogP contribution in [-0.4, -0.2) is 35.5 Å². The molecule has 0 aliphatic heterocycles. The van der Waals surface area contributed by atoms with Gasteiger partial charge in [0.05, 0.1) is 22.0 Å². The molecule has 0 saturated heterocycles. The van der Waals surface area contributed by atoms with Crippen molar-refractivity contribution < 1.29 is 5.11 Å². The number of aromatic nitrogens is 5. The molecular formula is C20H20N6O2. The van der Waals surface area contributed by atoms with Gasteiger partial charge in [-0.25, -0.2) is 9.97 Å². The van der Waals surface area contributed by atoms with E-state index in [0.717, 1.165) is 23.7 Å². The van der Waals surface area contributed by atoms with Crippen LogP contribution < -0.4 is 11.3 Å². The topological polar surface area (TPSA) is 112 Å². The zero-order chi connectivity index (χ0) is 19.6. The number of phenolic OH excluding ortho intramolecular Hbond substituents is 1. The van der Waals surface area contributed by atoms with Crippen molar-refractivity contribution in [3.8, 4) is 17.1 Å². The molecule has 3 N–H and O–H groups in total. The predicted octanol–water partition coefficient (Wildman–Crippen LogP) is 2.02. The van der Waals surface area contributed by atoms with Crippen LogP contribution in [0.4, 0.5) is 0 Å². The second kappa shape index (κ2) is 5.87. The van der Waals surface area contributed by atoms with Gasteiger partial charge in [0.15, 0.2) is 5.82 Å². The van der Waals surface area contributed by atoms with Crippen LogP contribution in [0.5, 0.6) is 5.75 Å². The van der Waals surface area contributed by atoms with Crippen molar-refractivity contribution in [2.24, 2.45) is 12.8 Å². The molecule has 8 heteroatoms. The lowest BCUT2D eigenvalue weighted by atomic mass is 9.87. The van der Waals surface area contributed by atoms with Crippen molar-refractivity contribution in [2.75, 3.05) is 0 Å². The number of benzene rings is 1. The van der Waals surface area contributed by atoms with E-state index in [9.17, 15) is 9.90 Å². The normalized spacial score (nSPS) is 19.2. The van der Waals surface area contributed by atoms with Crippen LogP contribution in [-0.2, 0) is 7.05 Å². The molecule has 28 heavy (non-hydrogen) atoms. The van der Waals surface area contributed by atoms with Gasteiger partial charge in [0.25, 0.3) is 5.56 Å². The van der Waals surface area contributed by atoms with Crippen LogP contribution >= 0.6 is 0 Å². The van der Waals surface area contributed by atoms with Crippen molar-refractivity contribution in [1.29, 1.82) is 0 Å². The maximum atomic E-state index is 12.8. The summed E-state index contributed by atoms with van der Waals surface area (Å²) >= 11 is 0. The number of fused-ring (bicyclic) bond motifs is 2. The van der Waals surface area contributed by atoms with Crippen LogP contribution in [0.2, 0.25) is 0 Å². The van der Waals surface area contributed by atoms with E-state index in [2.05, 4.69) is 15.1 Å². The van der Waals surface area contributed by atoms with Gasteiger partial charge in [-0.1, -0.05) is 0 Å². The van der Waals surface area contributed by atoms with Crippen LogP contribution in [0.15, 0.2) is 35.5 Å². The minimum Gasteiger partial charge on any atom is -0.507 e. The second-order valence-electron chi connectivity index (χ2n) is 7.54. The fraction of sp³-hybridized carbons (Fsp3) is 0.300. The van der Waals surface area contributed by atoms with E-state index in [1.807, 2.05) is 32.3 Å². The van der Waals surface area contributed by atoms with Gasteiger partial charge in [0.1, 0.15) is 5.75 Å². The molecule has 0 amide bonds. The van der Waals surface area contributed by atoms with Gasteiger partial charge in [0.2, 0.25) is 0 Å². The molecule has 1 aromatic carbocycles. The highest BCUT2D eigenvalue weighted by atomic mass is 16.3. The van der Waals surface area contributed by atoms with Gasteiger partial charge in [0, 0.05) is 48.7 Å². The third-order valence-corrected chi connectivity index (χ3v) is 5.58. The molecule has 3 heterocycles. The second-order valence-corrected chi connectivity index (χ2v) is 7.54. The lowest BCUT2D eigenvalue weighted by Crippen LogP contribution is -2.41. The summed E-state index contributed by atoms with van der Waals surface area (Å²) in [7, 11) is 1.84. The highest BCUT2D eigenvalue weighted by Crippen LogP contribution is 2.35. The lowest BCUT2D eigenvalue weighted by Gasteiger charge is -2.33. The molecular weight excluding hydrogens is 356 g/mol. The molecule has 0 unspecified atom stereocenters. The highest BCUT2D eigenvalue weighted by Gasteiger charge is 2.28. The molecule has 4 aromatic rings. The Bertz CT molecular complexity index is 1300. The Morgan fingerprint density at radius 2 is 2.11 bits per heavy atom. The maximum Gasteiger partial charge on any atom is 0.261 e. The molecule has 8 nitrogen and oxygen atoms in total. The molecule has 3 aromatic heterocycles. The monoisotopic (exact) mass is 376 g/mol. The van der Waals surface area contributed by atoms with Gasteiger partial charge in [-0.15, -0.1) is 0 Å². The summed E-state index contributed by atoms with van der Waals surface area (Å²) in [6, 6.07) is 3.95. The molecule has 0 bridgehead atoms. The van der Waals surface area contributed by atoms with E-state index in [1.165, 1.54) is 6.20 Å². The first-order valence-corrected chi connectivity index (χ1v) is 9.22. The molecule has 1 aliphatic carbocycles. The van der Waals surface area contributed by atoms with E-state index >= 15 is 0 Å². The zero-order valence-electron chi connectivity index (χ0n) is 15.6. The van der Waals surface area contributed by atoms with Crippen molar-refractivity contribution in [2.45, 2.75) is 31.8 Å². The minimum absolute atomic E-state index is 0.0994. The van der Waals surface area contributed by atoms with Crippen LogP contribution in [0, 0.1) is 6.92 Å². The van der Waals surface area contributed by atoms with Crippen LogP contribution in [0.25, 0.3) is 33.2 Å². The number of phenols is 1. The van der Waals surface area contributed by atoms with E-state index in [0.29, 0.717) is 27.9 Å². The molecule has 0 atom stereocenters. The Morgan fingerprint density at radius 3 is 2.86 bits per heavy atom. The van der Waals surface area contributed by atoms with Gasteiger partial charge in [-0.2, -0.15) is 5.10 Å². The van der Waals surface area contributed by atoms with Crippen molar-refractivity contribution in [3.05, 3.63) is 46.6 Å². The van der Waals surface area contributed by atoms with E-state index < -0.39 is 0 Å². The zero-order valence-corrected chi connectivity index (χ0v) is 15.6. The maximum absolute atomic E-state index is 12.8. The van der Waals surface area contributed by atoms with Crippen molar-refractivity contribution >= 4 is 21.8 Å². The van der Waals surface area contributed by atoms with E-state index in [4.69, 9.17) is 5.73 Å². The fourth-order valence-electron chi connectivity index (χ4n) is 3.93. The van der Waals surface area contributed by atoms with E-state index in [-0.39, 0.29) is 23.4 Å². The summed E-state index contributed by atoms with van der Waals surface area (Å²) in [6.07, 6.45) is 6.81. The summed E-state index contributed by atoms with van der Waals surface area (Å²) in [4.78, 5) is 21.7. The summed E-state index contributed by atoms with van der Waals surface area (Å²) < 4.78 is 3.43. The van der Waals surface area contributed by atoms with Gasteiger partial charge in [-0.3, -0.25) is 9.48 Å². The molecule has 1 saturated carbocycles. The molecule has 5 rings (SSSR count). The fourth-order valence-corrected chi connectivity index (χ4v) is 3.93. The SMILES string of the molecule is Cc1c(O)c(-c2ncc3c(=O)n(C4CC(N)C4)ccc3n2)cc2cn(C)nc12. The Labute approximate surface area is 160 Å². The average molecular weight is 376 g/mol. The number of aromatic hydroxyl groups is 1. The lowest BCUT2D eigenvalue weighted by molar-refractivity contribution is 0.262. The summed E-state index contributed by atoms with van der Waals surface area (Å²) in [6.45, 7) is 1.82. The van der Waals surface area contributed by atoms with Gasteiger partial charge in [-0.05, 0) is 31.9 Å². The summed E-state index contributed by atoms with van der Waals surface area (Å²) in [5.74, 6) is 0.476. The third kappa shape index (κ3) is 2.41. The number of rotatable bonds is 2. The smallest absolute Gasteiger partial charge is 0.261 e. The summed E-state index contributed by atoms with van der Waals surface area (Å²) in [5, 5.41) is 16.4. The number of hydrogen-bond donors (Lipinski definition) is 2. The number of pyridine rings is 1. The van der Waals surface area contributed by atoms with Gasteiger partial charge >= 0.3 is 0 Å². The number of hydrogen-bond acceptors (Lipinski definition) is 6. The molecule has 0 spiro atoms. The standard InChI is InChI=1S/C20H20N6O2/c1-10-17-11(9-25(2)24-17)5-14(18(10)27)19-22-8-15-16(23-19)3-4-26(20(15)28)13-6-12(21)7-13/h3-5,8-9,12-13,27H,6-7,21H2,1-2H3. The highest BCUT2D eigenvalue weighted by molar-refractivity contribution is 5.90. The molecule has 1 fully saturated rings. The van der Waals surface area contributed by atoms with E-state index in [1.54, 1.807) is 15.4 Å². The number of nitrogens with two attached hydrogens (primary N) is 1. The average Bonchev–Trinajstić information content (AvgIpc) is 3.03. The predicted molar refractivity (Wildman–Crippen MR) is 106 cm³/mol. The third-order valence-electron chi connectivity index (χ3n) is 5.58. The Balaban J connectivity index is 1.64. The van der Waals surface area contributed by atoms with Gasteiger partial charge < -0.3 is 15.4 Å². The molecule has 1 aliphatic rings. The molecule has 142 valence electrons. The first-order valence-electron chi connectivity index (χ1n) is 9.22. The number of nitrogens with zero attached hydrogens (tertiary/aromatic N) is 5. The Morgan fingerprint density at radius 1 is 1.32 bits per heavy atom. The Hall–Kier alpha value is -3.26. The quantitative estimate of drug-likeness (QED) is 0.554. The largest absolute Gasteiger partial charge is 0.507 e. The van der Waals surface area contributed by atoms with Crippen LogP contribution in [0.1, 0.15) is 24.4 Å². The first kappa shape index (κ1) is 16.9.